The van der Waals surface area contributed by atoms with Crippen LogP contribution in [0.25, 0.3) is 0 Å². The Morgan fingerprint density at radius 1 is 1.16 bits per heavy atom. The lowest BCUT2D eigenvalue weighted by Crippen LogP contribution is -2.14. The van der Waals surface area contributed by atoms with E-state index in [0.717, 1.165) is 12.1 Å². The van der Waals surface area contributed by atoms with Gasteiger partial charge < -0.3 is 15.9 Å². The fraction of sp³-hybridized carbons (Fsp3) is 0.200. The topological polar surface area (TPSA) is 155 Å². The van der Waals surface area contributed by atoms with Gasteiger partial charge in [-0.1, -0.05) is 0 Å². The fourth-order valence-electron chi connectivity index (χ4n) is 1.38. The number of rotatable bonds is 5. The first-order valence-electron chi connectivity index (χ1n) is 4.96. The van der Waals surface area contributed by atoms with Crippen LogP contribution < -0.4 is 5.73 Å². The molecule has 0 saturated carbocycles. The molecular formula is C10H11NO7S. The minimum Gasteiger partial charge on any atom is -0.508 e. The van der Waals surface area contributed by atoms with Crippen LogP contribution in [-0.2, 0) is 10.1 Å². The number of benzene rings is 1. The molecule has 0 aliphatic carbocycles. The van der Waals surface area contributed by atoms with Crippen LogP contribution in [-0.4, -0.2) is 40.6 Å². The van der Waals surface area contributed by atoms with Gasteiger partial charge in [-0.25, -0.2) is 0 Å². The zero-order chi connectivity index (χ0) is 14.8. The Morgan fingerprint density at radius 2 is 1.68 bits per heavy atom. The van der Waals surface area contributed by atoms with Gasteiger partial charge in [-0.05, 0) is 12.1 Å². The highest BCUT2D eigenvalue weighted by atomic mass is 32.2. The van der Waals surface area contributed by atoms with Crippen LogP contribution in [0.3, 0.4) is 0 Å². The van der Waals surface area contributed by atoms with Crippen molar-refractivity contribution in [2.24, 2.45) is 5.73 Å². The quantitative estimate of drug-likeness (QED) is 0.328. The number of hydrogen-bond donors (Lipinski definition) is 4. The van der Waals surface area contributed by atoms with Crippen molar-refractivity contribution in [2.45, 2.75) is 6.42 Å². The Morgan fingerprint density at radius 3 is 2.16 bits per heavy atom. The number of nitrogens with two attached hydrogens (primary N) is 1. The maximum atomic E-state index is 11.6. The molecule has 0 radical (unpaired) electrons. The largest absolute Gasteiger partial charge is 0.508 e. The van der Waals surface area contributed by atoms with E-state index in [1.807, 2.05) is 0 Å². The Bertz CT molecular complexity index is 636. The molecule has 0 atom stereocenters. The third-order valence-electron chi connectivity index (χ3n) is 2.25. The molecule has 0 saturated heterocycles. The standard InChI is InChI=1S/C10H11NO7S/c11-10(15)7-4-5(12)3-6(9(7)14)8(13)1-2-19(16,17)18/h3-4,12,14H,1-2H2,(H2,11,15)(H,16,17,18). The maximum absolute atomic E-state index is 11.6. The van der Waals surface area contributed by atoms with Crippen LogP contribution in [0.4, 0.5) is 0 Å². The van der Waals surface area contributed by atoms with E-state index >= 15 is 0 Å². The van der Waals surface area contributed by atoms with Gasteiger partial charge in [-0.2, -0.15) is 8.42 Å². The van der Waals surface area contributed by atoms with Gasteiger partial charge in [0.05, 0.1) is 16.9 Å². The summed E-state index contributed by atoms with van der Waals surface area (Å²) in [6.07, 6.45) is -0.617. The number of phenols is 2. The summed E-state index contributed by atoms with van der Waals surface area (Å²) in [5, 5.41) is 18.9. The summed E-state index contributed by atoms with van der Waals surface area (Å²) in [6, 6.07) is 1.74. The molecule has 5 N–H and O–H groups in total. The van der Waals surface area contributed by atoms with Crippen molar-refractivity contribution in [3.05, 3.63) is 23.3 Å². The molecule has 1 aromatic rings. The zero-order valence-corrected chi connectivity index (χ0v) is 10.3. The van der Waals surface area contributed by atoms with Crippen LogP contribution in [0, 0.1) is 0 Å². The monoisotopic (exact) mass is 289 g/mol. The summed E-state index contributed by atoms with van der Waals surface area (Å²) in [5.74, 6) is -3.99. The second-order valence-electron chi connectivity index (χ2n) is 3.71. The number of carbonyl (C=O) groups excluding carboxylic acids is 2. The normalized spacial score (nSPS) is 11.2. The molecule has 0 spiro atoms. The molecule has 0 aromatic heterocycles. The van der Waals surface area contributed by atoms with E-state index in [-0.39, 0.29) is 0 Å². The Hall–Kier alpha value is -2.13. The lowest BCUT2D eigenvalue weighted by atomic mass is 10.0. The summed E-state index contributed by atoms with van der Waals surface area (Å²) < 4.78 is 29.5. The Balaban J connectivity index is 3.13. The number of amides is 1. The predicted molar refractivity (Wildman–Crippen MR) is 63.7 cm³/mol. The van der Waals surface area contributed by atoms with Crippen LogP contribution >= 0.6 is 0 Å². The van der Waals surface area contributed by atoms with E-state index in [0.29, 0.717) is 0 Å². The molecule has 0 aliphatic heterocycles. The summed E-state index contributed by atoms with van der Waals surface area (Å²) in [5.41, 5.74) is 4.03. The van der Waals surface area contributed by atoms with Gasteiger partial charge in [-0.15, -0.1) is 0 Å². The number of Topliss-reactive ketones (excluding diaryl/α,β-unsaturated/α-hetero) is 1. The summed E-state index contributed by atoms with van der Waals surface area (Å²) in [6.45, 7) is 0. The average Bonchev–Trinajstić information content (AvgIpc) is 2.27. The van der Waals surface area contributed by atoms with Crippen LogP contribution in [0.5, 0.6) is 11.5 Å². The highest BCUT2D eigenvalue weighted by Crippen LogP contribution is 2.28. The van der Waals surface area contributed by atoms with Gasteiger partial charge >= 0.3 is 0 Å². The third kappa shape index (κ3) is 3.93. The molecular weight excluding hydrogens is 278 g/mol. The molecule has 0 fully saturated rings. The Labute approximate surface area is 108 Å². The third-order valence-corrected chi connectivity index (χ3v) is 2.97. The second-order valence-corrected chi connectivity index (χ2v) is 5.29. The number of phenolic OH excluding ortho intramolecular Hbond substituents is 1. The molecule has 1 aromatic carbocycles. The Kier molecular flexibility index (Phi) is 4.12. The lowest BCUT2D eigenvalue weighted by molar-refractivity contribution is 0.0984. The van der Waals surface area contributed by atoms with Crippen LogP contribution in [0.2, 0.25) is 0 Å². The first-order valence-corrected chi connectivity index (χ1v) is 6.57. The molecule has 104 valence electrons. The average molecular weight is 289 g/mol. The fourth-order valence-corrected chi connectivity index (χ4v) is 1.82. The summed E-state index contributed by atoms with van der Waals surface area (Å²) in [7, 11) is -4.33. The highest BCUT2D eigenvalue weighted by molar-refractivity contribution is 7.85. The van der Waals surface area contributed by atoms with Crippen LogP contribution in [0.15, 0.2) is 12.1 Å². The van der Waals surface area contributed by atoms with Crippen molar-refractivity contribution in [3.63, 3.8) is 0 Å². The van der Waals surface area contributed by atoms with E-state index in [1.165, 1.54) is 0 Å². The number of primary amides is 1. The molecule has 8 nitrogen and oxygen atoms in total. The second kappa shape index (κ2) is 5.24. The number of ketones is 1. The minimum absolute atomic E-state index is 0.447. The van der Waals surface area contributed by atoms with Crippen molar-refractivity contribution in [3.8, 4) is 11.5 Å². The van der Waals surface area contributed by atoms with E-state index in [4.69, 9.17) is 10.3 Å². The van der Waals surface area contributed by atoms with Crippen molar-refractivity contribution < 1.29 is 32.8 Å². The molecule has 0 heterocycles. The van der Waals surface area contributed by atoms with Gasteiger partial charge in [0.25, 0.3) is 16.0 Å². The summed E-state index contributed by atoms with van der Waals surface area (Å²) in [4.78, 5) is 22.6. The van der Waals surface area contributed by atoms with Crippen molar-refractivity contribution in [1.29, 1.82) is 0 Å². The van der Waals surface area contributed by atoms with Crippen molar-refractivity contribution >= 4 is 21.8 Å². The highest BCUT2D eigenvalue weighted by Gasteiger charge is 2.20. The first-order chi connectivity index (χ1) is 8.61. The van der Waals surface area contributed by atoms with E-state index < -0.39 is 56.6 Å². The van der Waals surface area contributed by atoms with Crippen molar-refractivity contribution in [2.75, 3.05) is 5.75 Å². The summed E-state index contributed by atoms with van der Waals surface area (Å²) >= 11 is 0. The SMILES string of the molecule is NC(=O)c1cc(O)cc(C(=O)CCS(=O)(=O)O)c1O. The predicted octanol–water partition coefficient (Wildman–Crippen LogP) is -0.343. The number of carbonyl (C=O) groups is 2. The van der Waals surface area contributed by atoms with Gasteiger partial charge in [0, 0.05) is 6.42 Å². The van der Waals surface area contributed by atoms with Gasteiger partial charge in [-0.3, -0.25) is 14.1 Å². The minimum atomic E-state index is -4.33. The molecule has 0 unspecified atom stereocenters. The van der Waals surface area contributed by atoms with E-state index in [1.54, 1.807) is 0 Å². The van der Waals surface area contributed by atoms with Crippen molar-refractivity contribution in [1.82, 2.24) is 0 Å². The maximum Gasteiger partial charge on any atom is 0.265 e. The van der Waals surface area contributed by atoms with Crippen LogP contribution in [0.1, 0.15) is 27.1 Å². The first kappa shape index (κ1) is 14.9. The lowest BCUT2D eigenvalue weighted by Gasteiger charge is -2.07. The molecule has 1 amide bonds. The molecule has 19 heavy (non-hydrogen) atoms. The van der Waals surface area contributed by atoms with E-state index in [9.17, 15) is 28.2 Å². The van der Waals surface area contributed by atoms with Gasteiger partial charge in [0.2, 0.25) is 0 Å². The molecule has 1 rings (SSSR count). The van der Waals surface area contributed by atoms with Gasteiger partial charge in [0.15, 0.2) is 5.78 Å². The van der Waals surface area contributed by atoms with E-state index in [2.05, 4.69) is 0 Å². The molecule has 9 heteroatoms. The smallest absolute Gasteiger partial charge is 0.265 e. The zero-order valence-electron chi connectivity index (χ0n) is 9.53. The molecule has 0 bridgehead atoms. The molecule has 0 aliphatic rings. The number of hydrogen-bond acceptors (Lipinski definition) is 6. The number of aromatic hydroxyl groups is 2. The van der Waals surface area contributed by atoms with Gasteiger partial charge in [0.1, 0.15) is 11.5 Å².